The van der Waals surface area contributed by atoms with Crippen LogP contribution in [0, 0.1) is 11.6 Å². The van der Waals surface area contributed by atoms with E-state index in [0.29, 0.717) is 6.04 Å². The average molecular weight is 401 g/mol. The fourth-order valence-electron chi connectivity index (χ4n) is 4.79. The number of fused-ring (bicyclic) bond motifs is 1. The quantitative estimate of drug-likeness (QED) is 0.703. The van der Waals surface area contributed by atoms with Crippen molar-refractivity contribution in [2.75, 3.05) is 32.8 Å². The summed E-state index contributed by atoms with van der Waals surface area (Å²) in [7, 11) is 0. The van der Waals surface area contributed by atoms with Gasteiger partial charge in [0.05, 0.1) is 6.61 Å². The van der Waals surface area contributed by atoms with Crippen LogP contribution in [0.15, 0.2) is 48.5 Å². The Balaban J connectivity index is 1.38. The molecule has 5 heteroatoms. The Kier molecular flexibility index (Phi) is 6.00. The summed E-state index contributed by atoms with van der Waals surface area (Å²) in [4.78, 5) is 5.00. The van der Waals surface area contributed by atoms with Crippen LogP contribution >= 0.6 is 0 Å². The van der Waals surface area contributed by atoms with Crippen LogP contribution in [-0.2, 0) is 4.74 Å². The number of hydrogen-bond donors (Lipinski definition) is 0. The van der Waals surface area contributed by atoms with Gasteiger partial charge in [0, 0.05) is 31.6 Å². The first-order valence-corrected chi connectivity index (χ1v) is 10.6. The maximum atomic E-state index is 13.4. The van der Waals surface area contributed by atoms with Gasteiger partial charge in [0.15, 0.2) is 0 Å². The Bertz CT molecular complexity index is 761. The van der Waals surface area contributed by atoms with E-state index >= 15 is 0 Å². The molecule has 0 amide bonds. The molecule has 1 atom stereocenters. The van der Waals surface area contributed by atoms with E-state index in [1.807, 2.05) is 24.3 Å². The third-order valence-corrected chi connectivity index (χ3v) is 6.40. The van der Waals surface area contributed by atoms with E-state index in [2.05, 4.69) is 23.6 Å². The van der Waals surface area contributed by atoms with E-state index in [1.165, 1.54) is 24.3 Å². The average Bonchev–Trinajstić information content (AvgIpc) is 3.01. The minimum Gasteiger partial charge on any atom is -0.359 e. The summed E-state index contributed by atoms with van der Waals surface area (Å²) in [6.07, 6.45) is 1.99. The minimum absolute atomic E-state index is 0.145. The van der Waals surface area contributed by atoms with Crippen LogP contribution in [0.5, 0.6) is 0 Å². The van der Waals surface area contributed by atoms with E-state index in [1.54, 1.807) is 0 Å². The van der Waals surface area contributed by atoms with Gasteiger partial charge in [-0.05, 0) is 68.6 Å². The molecule has 2 aromatic carbocycles. The molecule has 2 saturated heterocycles. The van der Waals surface area contributed by atoms with Crippen LogP contribution in [0.1, 0.15) is 43.7 Å². The van der Waals surface area contributed by atoms with Gasteiger partial charge < -0.3 is 9.64 Å². The second-order valence-electron chi connectivity index (χ2n) is 8.70. The van der Waals surface area contributed by atoms with Crippen LogP contribution in [0.4, 0.5) is 8.78 Å². The van der Waals surface area contributed by atoms with Crippen LogP contribution in [-0.4, -0.2) is 54.4 Å². The standard InChI is InChI=1S/C24H30F2N2O/c1-24(2)28-15-14-27(16-22(28)17-29-24)13-3-4-23(18-5-9-20(25)10-6-18)19-7-11-21(26)12-8-19/h5-12,22-23H,3-4,13-17H2,1-2H3. The Morgan fingerprint density at radius 3 is 2.14 bits per heavy atom. The molecule has 2 fully saturated rings. The predicted molar refractivity (Wildman–Crippen MR) is 111 cm³/mol. The van der Waals surface area contributed by atoms with Gasteiger partial charge in [-0.1, -0.05) is 24.3 Å². The Hall–Kier alpha value is -1.82. The van der Waals surface area contributed by atoms with Gasteiger partial charge in [0.2, 0.25) is 0 Å². The van der Waals surface area contributed by atoms with Crippen molar-refractivity contribution < 1.29 is 13.5 Å². The molecule has 0 aromatic heterocycles. The second kappa shape index (κ2) is 8.50. The number of benzene rings is 2. The van der Waals surface area contributed by atoms with Crippen LogP contribution in [0.3, 0.4) is 0 Å². The molecule has 2 heterocycles. The van der Waals surface area contributed by atoms with Gasteiger partial charge >= 0.3 is 0 Å². The van der Waals surface area contributed by atoms with Crippen molar-refractivity contribution in [3.05, 3.63) is 71.3 Å². The molecule has 1 unspecified atom stereocenters. The summed E-state index contributed by atoms with van der Waals surface area (Å²) >= 11 is 0. The zero-order valence-electron chi connectivity index (χ0n) is 17.3. The summed E-state index contributed by atoms with van der Waals surface area (Å²) in [5.74, 6) is -0.316. The Morgan fingerprint density at radius 1 is 0.966 bits per heavy atom. The monoisotopic (exact) mass is 400 g/mol. The highest BCUT2D eigenvalue weighted by molar-refractivity contribution is 5.32. The lowest BCUT2D eigenvalue weighted by atomic mass is 9.87. The van der Waals surface area contributed by atoms with E-state index in [9.17, 15) is 8.78 Å². The van der Waals surface area contributed by atoms with Gasteiger partial charge in [-0.25, -0.2) is 8.78 Å². The predicted octanol–water partition coefficient (Wildman–Crippen LogP) is 4.63. The number of rotatable bonds is 6. The Labute approximate surface area is 172 Å². The third kappa shape index (κ3) is 4.68. The maximum Gasteiger partial charge on any atom is 0.123 e. The van der Waals surface area contributed by atoms with E-state index in [4.69, 9.17) is 4.74 Å². The second-order valence-corrected chi connectivity index (χ2v) is 8.70. The summed E-state index contributed by atoms with van der Waals surface area (Å²) in [6.45, 7) is 9.28. The summed E-state index contributed by atoms with van der Waals surface area (Å²) in [6, 6.07) is 13.9. The lowest BCUT2D eigenvalue weighted by Crippen LogP contribution is -2.56. The molecule has 3 nitrogen and oxygen atoms in total. The minimum atomic E-state index is -0.230. The molecule has 2 aromatic rings. The fraction of sp³-hybridized carbons (Fsp3) is 0.500. The smallest absolute Gasteiger partial charge is 0.123 e. The number of piperazine rings is 1. The molecular weight excluding hydrogens is 370 g/mol. The number of ether oxygens (including phenoxy) is 1. The molecule has 0 N–H and O–H groups in total. The topological polar surface area (TPSA) is 15.7 Å². The van der Waals surface area contributed by atoms with Crippen molar-refractivity contribution >= 4 is 0 Å². The van der Waals surface area contributed by atoms with E-state index in [0.717, 1.165) is 56.8 Å². The highest BCUT2D eigenvalue weighted by Gasteiger charge is 2.43. The molecule has 0 radical (unpaired) electrons. The van der Waals surface area contributed by atoms with Gasteiger partial charge in [0.25, 0.3) is 0 Å². The normalized spacial score (nSPS) is 22.2. The molecule has 0 spiro atoms. The molecule has 4 rings (SSSR count). The third-order valence-electron chi connectivity index (χ3n) is 6.40. The molecule has 0 bridgehead atoms. The van der Waals surface area contributed by atoms with Crippen molar-refractivity contribution in [3.8, 4) is 0 Å². The zero-order valence-corrected chi connectivity index (χ0v) is 17.3. The Morgan fingerprint density at radius 2 is 1.55 bits per heavy atom. The van der Waals surface area contributed by atoms with Gasteiger partial charge in [-0.2, -0.15) is 0 Å². The summed E-state index contributed by atoms with van der Waals surface area (Å²) in [5.41, 5.74) is 2.01. The molecule has 2 aliphatic rings. The number of hydrogen-bond acceptors (Lipinski definition) is 3. The molecule has 2 aliphatic heterocycles. The lowest BCUT2D eigenvalue weighted by Gasteiger charge is -2.41. The number of halogens is 2. The van der Waals surface area contributed by atoms with Gasteiger partial charge in [-0.15, -0.1) is 0 Å². The lowest BCUT2D eigenvalue weighted by molar-refractivity contribution is -0.0646. The maximum absolute atomic E-state index is 13.4. The largest absolute Gasteiger partial charge is 0.359 e. The van der Waals surface area contributed by atoms with Crippen LogP contribution in [0.2, 0.25) is 0 Å². The van der Waals surface area contributed by atoms with Crippen LogP contribution < -0.4 is 0 Å². The molecule has 29 heavy (non-hydrogen) atoms. The first kappa shape index (κ1) is 20.5. The van der Waals surface area contributed by atoms with E-state index < -0.39 is 0 Å². The van der Waals surface area contributed by atoms with Crippen LogP contribution in [0.25, 0.3) is 0 Å². The molecular formula is C24H30F2N2O. The number of nitrogens with zero attached hydrogens (tertiary/aromatic N) is 2. The molecule has 156 valence electrons. The first-order chi connectivity index (χ1) is 13.9. The first-order valence-electron chi connectivity index (χ1n) is 10.6. The highest BCUT2D eigenvalue weighted by Crippen LogP contribution is 2.32. The van der Waals surface area contributed by atoms with Gasteiger partial charge in [0.1, 0.15) is 17.4 Å². The molecule has 0 aliphatic carbocycles. The molecule has 0 saturated carbocycles. The van der Waals surface area contributed by atoms with Crippen molar-refractivity contribution in [2.45, 2.75) is 44.4 Å². The highest BCUT2D eigenvalue weighted by atomic mass is 19.1. The van der Waals surface area contributed by atoms with Gasteiger partial charge in [-0.3, -0.25) is 4.90 Å². The summed E-state index contributed by atoms with van der Waals surface area (Å²) in [5, 5.41) is 0. The van der Waals surface area contributed by atoms with Crippen molar-refractivity contribution in [2.24, 2.45) is 0 Å². The fourth-order valence-corrected chi connectivity index (χ4v) is 4.79. The van der Waals surface area contributed by atoms with Crippen molar-refractivity contribution in [3.63, 3.8) is 0 Å². The van der Waals surface area contributed by atoms with E-state index in [-0.39, 0.29) is 23.3 Å². The zero-order chi connectivity index (χ0) is 20.4. The van der Waals surface area contributed by atoms with Crippen molar-refractivity contribution in [1.82, 2.24) is 9.80 Å². The SMILES string of the molecule is CC1(C)OCC2CN(CCCC(c3ccc(F)cc3)c3ccc(F)cc3)CCN21. The summed E-state index contributed by atoms with van der Waals surface area (Å²) < 4.78 is 32.7. The van der Waals surface area contributed by atoms with Crippen molar-refractivity contribution in [1.29, 1.82) is 0 Å².